The number of aliphatic hydroxyl groups is 1. The Morgan fingerprint density at radius 1 is 1.59 bits per heavy atom. The molecule has 2 rings (SSSR count). The first-order valence-electron chi connectivity index (χ1n) is 6.03. The lowest BCUT2D eigenvalue weighted by molar-refractivity contribution is 0.0579. The molecule has 1 aliphatic rings. The summed E-state index contributed by atoms with van der Waals surface area (Å²) >= 11 is 6.18. The highest BCUT2D eigenvalue weighted by Gasteiger charge is 2.28. The van der Waals surface area contributed by atoms with Crippen LogP contribution in [0.4, 0.5) is 0 Å². The first kappa shape index (κ1) is 12.9. The quantitative estimate of drug-likeness (QED) is 0.839. The van der Waals surface area contributed by atoms with Gasteiger partial charge < -0.3 is 10.4 Å². The van der Waals surface area contributed by atoms with Crippen molar-refractivity contribution in [1.82, 2.24) is 15.1 Å². The van der Waals surface area contributed by atoms with Gasteiger partial charge in [-0.1, -0.05) is 11.6 Å². The molecule has 1 unspecified atom stereocenters. The van der Waals surface area contributed by atoms with Crippen LogP contribution in [0.2, 0.25) is 5.02 Å². The van der Waals surface area contributed by atoms with E-state index in [9.17, 15) is 5.11 Å². The van der Waals surface area contributed by atoms with Crippen LogP contribution in [-0.2, 0) is 13.5 Å². The number of halogens is 1. The SMILES string of the molecule is Cc1nn(C)c(CC(C)(O)CNC2CC2)c1Cl. The molecule has 0 radical (unpaired) electrons. The minimum Gasteiger partial charge on any atom is -0.388 e. The monoisotopic (exact) mass is 257 g/mol. The maximum atomic E-state index is 10.3. The predicted molar refractivity (Wildman–Crippen MR) is 68.3 cm³/mol. The molecule has 0 aliphatic heterocycles. The summed E-state index contributed by atoms with van der Waals surface area (Å²) in [5.41, 5.74) is 0.925. The average molecular weight is 258 g/mol. The van der Waals surface area contributed by atoms with Crippen LogP contribution in [0.15, 0.2) is 0 Å². The number of hydrogen-bond donors (Lipinski definition) is 2. The molecular formula is C12H20ClN3O. The molecule has 1 aromatic heterocycles. The Kier molecular flexibility index (Phi) is 3.48. The number of nitrogens with zero attached hydrogens (tertiary/aromatic N) is 2. The molecule has 1 fully saturated rings. The van der Waals surface area contributed by atoms with Gasteiger partial charge in [0.15, 0.2) is 0 Å². The zero-order valence-electron chi connectivity index (χ0n) is 10.6. The van der Waals surface area contributed by atoms with E-state index in [0.717, 1.165) is 11.4 Å². The molecule has 17 heavy (non-hydrogen) atoms. The maximum Gasteiger partial charge on any atom is 0.0848 e. The van der Waals surface area contributed by atoms with Gasteiger partial charge in [-0.3, -0.25) is 4.68 Å². The molecule has 0 amide bonds. The Bertz CT molecular complexity index is 410. The van der Waals surface area contributed by atoms with E-state index in [4.69, 9.17) is 11.6 Å². The van der Waals surface area contributed by atoms with Crippen molar-refractivity contribution in [2.75, 3.05) is 6.54 Å². The largest absolute Gasteiger partial charge is 0.388 e. The van der Waals surface area contributed by atoms with Gasteiger partial charge in [0, 0.05) is 26.1 Å². The van der Waals surface area contributed by atoms with Gasteiger partial charge in [0.2, 0.25) is 0 Å². The summed E-state index contributed by atoms with van der Waals surface area (Å²) in [5.74, 6) is 0. The highest BCUT2D eigenvalue weighted by molar-refractivity contribution is 6.31. The van der Waals surface area contributed by atoms with Crippen molar-refractivity contribution in [2.24, 2.45) is 7.05 Å². The minimum atomic E-state index is -0.785. The third-order valence-electron chi connectivity index (χ3n) is 3.16. The van der Waals surface area contributed by atoms with Gasteiger partial charge in [-0.15, -0.1) is 0 Å². The summed E-state index contributed by atoms with van der Waals surface area (Å²) in [6.07, 6.45) is 2.96. The van der Waals surface area contributed by atoms with E-state index in [1.165, 1.54) is 12.8 Å². The number of nitrogens with one attached hydrogen (secondary N) is 1. The molecule has 1 saturated carbocycles. The minimum absolute atomic E-state index is 0.517. The molecule has 1 atom stereocenters. The van der Waals surface area contributed by atoms with Crippen molar-refractivity contribution in [3.63, 3.8) is 0 Å². The summed E-state index contributed by atoms with van der Waals surface area (Å²) < 4.78 is 1.75. The maximum absolute atomic E-state index is 10.3. The zero-order chi connectivity index (χ0) is 12.6. The Morgan fingerprint density at radius 3 is 2.71 bits per heavy atom. The highest BCUT2D eigenvalue weighted by Crippen LogP contribution is 2.25. The summed E-state index contributed by atoms with van der Waals surface area (Å²) in [6, 6.07) is 0.602. The zero-order valence-corrected chi connectivity index (χ0v) is 11.4. The summed E-state index contributed by atoms with van der Waals surface area (Å²) in [6.45, 7) is 4.31. The summed E-state index contributed by atoms with van der Waals surface area (Å²) in [4.78, 5) is 0. The molecule has 1 aliphatic carbocycles. The van der Waals surface area contributed by atoms with Crippen molar-refractivity contribution >= 4 is 11.6 Å². The third kappa shape index (κ3) is 3.21. The lowest BCUT2D eigenvalue weighted by atomic mass is 10.00. The molecule has 1 aromatic rings. The van der Waals surface area contributed by atoms with E-state index in [2.05, 4.69) is 10.4 Å². The lowest BCUT2D eigenvalue weighted by Crippen LogP contribution is -2.41. The van der Waals surface area contributed by atoms with Crippen molar-refractivity contribution in [1.29, 1.82) is 0 Å². The van der Waals surface area contributed by atoms with E-state index < -0.39 is 5.60 Å². The van der Waals surface area contributed by atoms with Gasteiger partial charge in [-0.05, 0) is 26.7 Å². The van der Waals surface area contributed by atoms with Crippen LogP contribution in [0.5, 0.6) is 0 Å². The average Bonchev–Trinajstić information content (AvgIpc) is 3.02. The second kappa shape index (κ2) is 4.59. The number of rotatable bonds is 5. The fourth-order valence-electron chi connectivity index (χ4n) is 1.95. The number of hydrogen-bond acceptors (Lipinski definition) is 3. The topological polar surface area (TPSA) is 50.1 Å². The Morgan fingerprint density at radius 2 is 2.24 bits per heavy atom. The molecule has 0 saturated heterocycles. The van der Waals surface area contributed by atoms with Gasteiger partial charge >= 0.3 is 0 Å². The van der Waals surface area contributed by atoms with E-state index in [0.29, 0.717) is 24.0 Å². The first-order chi connectivity index (χ1) is 7.89. The van der Waals surface area contributed by atoms with Gasteiger partial charge in [-0.25, -0.2) is 0 Å². The van der Waals surface area contributed by atoms with Gasteiger partial charge in [0.05, 0.1) is 22.0 Å². The van der Waals surface area contributed by atoms with E-state index >= 15 is 0 Å². The van der Waals surface area contributed by atoms with Crippen LogP contribution in [0.1, 0.15) is 31.2 Å². The molecule has 5 heteroatoms. The predicted octanol–water partition coefficient (Wildman–Crippen LogP) is 1.43. The molecule has 4 nitrogen and oxygen atoms in total. The highest BCUT2D eigenvalue weighted by atomic mass is 35.5. The standard InChI is InChI=1S/C12H20ClN3O/c1-8-11(13)10(16(3)15-8)6-12(2,17)7-14-9-4-5-9/h9,14,17H,4-7H2,1-3H3. The van der Waals surface area contributed by atoms with Crippen molar-refractivity contribution in [3.05, 3.63) is 16.4 Å². The van der Waals surface area contributed by atoms with Crippen LogP contribution >= 0.6 is 11.6 Å². The van der Waals surface area contributed by atoms with Crippen molar-refractivity contribution in [3.8, 4) is 0 Å². The van der Waals surface area contributed by atoms with Crippen molar-refractivity contribution in [2.45, 2.75) is 44.8 Å². The first-order valence-corrected chi connectivity index (χ1v) is 6.40. The van der Waals surface area contributed by atoms with E-state index in [1.54, 1.807) is 4.68 Å². The second-order valence-electron chi connectivity index (χ2n) is 5.30. The number of aromatic nitrogens is 2. The fourth-order valence-corrected chi connectivity index (χ4v) is 2.17. The van der Waals surface area contributed by atoms with Crippen LogP contribution in [0, 0.1) is 6.92 Å². The molecule has 0 bridgehead atoms. The second-order valence-corrected chi connectivity index (χ2v) is 5.68. The summed E-state index contributed by atoms with van der Waals surface area (Å²) in [7, 11) is 1.86. The Labute approximate surface area is 107 Å². The van der Waals surface area contributed by atoms with Gasteiger partial charge in [0.1, 0.15) is 0 Å². The molecule has 1 heterocycles. The van der Waals surface area contributed by atoms with Crippen LogP contribution < -0.4 is 5.32 Å². The normalized spacial score (nSPS) is 19.4. The molecule has 0 aromatic carbocycles. The Balaban J connectivity index is 2.01. The summed E-state index contributed by atoms with van der Waals surface area (Å²) in [5, 5.41) is 18.6. The molecule has 0 spiro atoms. The smallest absolute Gasteiger partial charge is 0.0848 e. The van der Waals surface area contributed by atoms with Gasteiger partial charge in [0.25, 0.3) is 0 Å². The molecule has 96 valence electrons. The molecular weight excluding hydrogens is 238 g/mol. The number of aryl methyl sites for hydroxylation is 2. The third-order valence-corrected chi connectivity index (χ3v) is 3.65. The fraction of sp³-hybridized carbons (Fsp3) is 0.750. The van der Waals surface area contributed by atoms with Crippen LogP contribution in [0.25, 0.3) is 0 Å². The van der Waals surface area contributed by atoms with Gasteiger partial charge in [-0.2, -0.15) is 5.10 Å². The van der Waals surface area contributed by atoms with E-state index in [1.807, 2.05) is 20.9 Å². The Hall–Kier alpha value is -0.580. The van der Waals surface area contributed by atoms with E-state index in [-0.39, 0.29) is 0 Å². The van der Waals surface area contributed by atoms with Crippen LogP contribution in [0.3, 0.4) is 0 Å². The molecule has 2 N–H and O–H groups in total. The van der Waals surface area contributed by atoms with Crippen LogP contribution in [-0.4, -0.2) is 33.1 Å². The van der Waals surface area contributed by atoms with Crippen molar-refractivity contribution < 1.29 is 5.11 Å². The lowest BCUT2D eigenvalue weighted by Gasteiger charge is -2.24.